The third-order valence-corrected chi connectivity index (χ3v) is 3.78. The minimum absolute atomic E-state index is 0.0687. The second-order valence-corrected chi connectivity index (χ2v) is 5.60. The van der Waals surface area contributed by atoms with Crippen LogP contribution in [0.3, 0.4) is 0 Å². The number of hydrogen-bond donors (Lipinski definition) is 0. The predicted octanol–water partition coefficient (Wildman–Crippen LogP) is 2.33. The third-order valence-electron chi connectivity index (χ3n) is 3.78. The van der Waals surface area contributed by atoms with Crippen molar-refractivity contribution in [2.45, 2.75) is 13.8 Å². The fourth-order valence-electron chi connectivity index (χ4n) is 2.30. The molecule has 0 saturated heterocycles. The molecule has 0 aliphatic rings. The van der Waals surface area contributed by atoms with Gasteiger partial charge < -0.3 is 23.8 Å². The normalized spacial score (nSPS) is 10.6. The Morgan fingerprint density at radius 2 is 1.84 bits per heavy atom. The lowest BCUT2D eigenvalue weighted by Gasteiger charge is -2.09. The van der Waals surface area contributed by atoms with Crippen LogP contribution in [0.25, 0.3) is 11.0 Å². The van der Waals surface area contributed by atoms with E-state index in [1.807, 2.05) is 26.0 Å². The van der Waals surface area contributed by atoms with E-state index >= 15 is 0 Å². The summed E-state index contributed by atoms with van der Waals surface area (Å²) in [5.41, 5.74) is 2.12. The van der Waals surface area contributed by atoms with Crippen molar-refractivity contribution in [1.29, 1.82) is 0 Å². The summed E-state index contributed by atoms with van der Waals surface area (Å²) in [6.07, 6.45) is 1.22. The largest absolute Gasteiger partial charge is 0.546 e. The molecule has 6 heteroatoms. The Hall–Kier alpha value is -3.28. The zero-order valence-corrected chi connectivity index (χ0v) is 13.7. The molecule has 1 heterocycles. The van der Waals surface area contributed by atoms with Crippen LogP contribution in [0, 0.1) is 13.8 Å². The summed E-state index contributed by atoms with van der Waals surface area (Å²) in [5.74, 6) is -0.454. The zero-order valence-electron chi connectivity index (χ0n) is 13.7. The Kier molecular flexibility index (Phi) is 4.43. The standard InChI is InChI=1S/C19H16O6/c1-11-3-4-14(7-12(11)2)25-17-9-24-16-8-13(23-10-18(20)21)5-6-15(16)19(17)22/h3-9H,10H2,1-2H3,(H,20,21)/p-1. The topological polar surface area (TPSA) is 88.8 Å². The van der Waals surface area contributed by atoms with E-state index in [9.17, 15) is 14.7 Å². The first-order chi connectivity index (χ1) is 11.9. The Labute approximate surface area is 143 Å². The second kappa shape index (κ2) is 6.68. The SMILES string of the molecule is Cc1ccc(Oc2coc3cc(OCC(=O)[O-])ccc3c2=O)cc1C. The van der Waals surface area contributed by atoms with Gasteiger partial charge in [0.1, 0.15) is 30.0 Å². The van der Waals surface area contributed by atoms with E-state index in [2.05, 4.69) is 0 Å². The molecule has 0 bridgehead atoms. The molecule has 0 unspecified atom stereocenters. The Balaban J connectivity index is 1.91. The number of hydrogen-bond acceptors (Lipinski definition) is 6. The highest BCUT2D eigenvalue weighted by Gasteiger charge is 2.10. The van der Waals surface area contributed by atoms with Crippen molar-refractivity contribution in [1.82, 2.24) is 0 Å². The van der Waals surface area contributed by atoms with E-state index < -0.39 is 12.6 Å². The van der Waals surface area contributed by atoms with Crippen LogP contribution < -0.4 is 20.0 Å². The van der Waals surface area contributed by atoms with Crippen LogP contribution in [0.15, 0.2) is 51.9 Å². The summed E-state index contributed by atoms with van der Waals surface area (Å²) in [6, 6.07) is 9.97. The van der Waals surface area contributed by atoms with Crippen molar-refractivity contribution in [3.63, 3.8) is 0 Å². The summed E-state index contributed by atoms with van der Waals surface area (Å²) in [5, 5.41) is 10.7. The summed E-state index contributed by atoms with van der Waals surface area (Å²) in [6.45, 7) is 3.37. The summed E-state index contributed by atoms with van der Waals surface area (Å²) >= 11 is 0. The maximum Gasteiger partial charge on any atom is 0.235 e. The number of carbonyl (C=O) groups excluding carboxylic acids is 1. The lowest BCUT2D eigenvalue weighted by Crippen LogP contribution is -2.28. The van der Waals surface area contributed by atoms with Gasteiger partial charge in [-0.3, -0.25) is 4.79 Å². The molecule has 3 aromatic rings. The number of aliphatic carboxylic acids is 1. The van der Waals surface area contributed by atoms with E-state index in [0.717, 1.165) is 11.1 Å². The monoisotopic (exact) mass is 339 g/mol. The highest BCUT2D eigenvalue weighted by Crippen LogP contribution is 2.25. The van der Waals surface area contributed by atoms with Crippen LogP contribution in [0.5, 0.6) is 17.2 Å². The molecule has 2 aromatic carbocycles. The molecule has 25 heavy (non-hydrogen) atoms. The van der Waals surface area contributed by atoms with Gasteiger partial charge in [0, 0.05) is 6.07 Å². The zero-order chi connectivity index (χ0) is 18.0. The van der Waals surface area contributed by atoms with Gasteiger partial charge in [-0.1, -0.05) is 6.07 Å². The molecule has 0 amide bonds. The van der Waals surface area contributed by atoms with Crippen molar-refractivity contribution in [2.75, 3.05) is 6.61 Å². The van der Waals surface area contributed by atoms with E-state index in [1.165, 1.54) is 24.5 Å². The van der Waals surface area contributed by atoms with Crippen molar-refractivity contribution in [3.05, 3.63) is 64.0 Å². The minimum atomic E-state index is -1.33. The third kappa shape index (κ3) is 3.63. The van der Waals surface area contributed by atoms with Crippen molar-refractivity contribution >= 4 is 16.9 Å². The van der Waals surface area contributed by atoms with Gasteiger partial charge in [-0.2, -0.15) is 0 Å². The highest BCUT2D eigenvalue weighted by molar-refractivity contribution is 5.79. The van der Waals surface area contributed by atoms with Gasteiger partial charge in [0.15, 0.2) is 0 Å². The van der Waals surface area contributed by atoms with Gasteiger partial charge in [-0.25, -0.2) is 0 Å². The van der Waals surface area contributed by atoms with Crippen molar-refractivity contribution < 1.29 is 23.8 Å². The van der Waals surface area contributed by atoms with Gasteiger partial charge in [0.25, 0.3) is 0 Å². The number of rotatable bonds is 5. The Bertz CT molecular complexity index is 1000. The molecule has 0 aliphatic heterocycles. The molecule has 0 aliphatic carbocycles. The average Bonchev–Trinajstić information content (AvgIpc) is 2.58. The molecule has 6 nitrogen and oxygen atoms in total. The molecule has 0 spiro atoms. The van der Waals surface area contributed by atoms with E-state index in [4.69, 9.17) is 13.9 Å². The molecule has 3 rings (SSSR count). The number of carbonyl (C=O) groups is 1. The molecule has 0 atom stereocenters. The maximum absolute atomic E-state index is 12.5. The number of aryl methyl sites for hydroxylation is 2. The van der Waals surface area contributed by atoms with Gasteiger partial charge in [0.2, 0.25) is 11.2 Å². The number of benzene rings is 2. The molecule has 0 fully saturated rings. The number of ether oxygens (including phenoxy) is 2. The average molecular weight is 339 g/mol. The van der Waals surface area contributed by atoms with Gasteiger partial charge in [-0.05, 0) is 49.2 Å². The highest BCUT2D eigenvalue weighted by atomic mass is 16.5. The van der Waals surface area contributed by atoms with Crippen molar-refractivity contribution in [2.24, 2.45) is 0 Å². The number of carboxylic acid groups (broad SMARTS) is 1. The molecule has 0 N–H and O–H groups in total. The molecule has 1 aromatic heterocycles. The quantitative estimate of drug-likeness (QED) is 0.709. The molecule has 128 valence electrons. The lowest BCUT2D eigenvalue weighted by molar-refractivity contribution is -0.307. The van der Waals surface area contributed by atoms with E-state index in [-0.39, 0.29) is 22.5 Å². The summed E-state index contributed by atoms with van der Waals surface area (Å²) in [4.78, 5) is 23.0. The van der Waals surface area contributed by atoms with Gasteiger partial charge in [0.05, 0.1) is 11.4 Å². The van der Waals surface area contributed by atoms with Crippen LogP contribution in [0.1, 0.15) is 11.1 Å². The predicted molar refractivity (Wildman–Crippen MR) is 89.0 cm³/mol. The smallest absolute Gasteiger partial charge is 0.235 e. The first-order valence-corrected chi connectivity index (χ1v) is 7.57. The number of carboxylic acids is 1. The number of fused-ring (bicyclic) bond motifs is 1. The summed E-state index contributed by atoms with van der Waals surface area (Å²) in [7, 11) is 0. The molecular formula is C19H15O6-. The van der Waals surface area contributed by atoms with Gasteiger partial charge in [-0.15, -0.1) is 0 Å². The maximum atomic E-state index is 12.5. The van der Waals surface area contributed by atoms with Crippen LogP contribution in [0.4, 0.5) is 0 Å². The lowest BCUT2D eigenvalue weighted by atomic mass is 10.1. The fourth-order valence-corrected chi connectivity index (χ4v) is 2.30. The van der Waals surface area contributed by atoms with Gasteiger partial charge >= 0.3 is 0 Å². The molecular weight excluding hydrogens is 324 g/mol. The Morgan fingerprint density at radius 3 is 2.56 bits per heavy atom. The van der Waals surface area contributed by atoms with Crippen molar-refractivity contribution in [3.8, 4) is 17.2 Å². The van der Waals surface area contributed by atoms with Crippen LogP contribution >= 0.6 is 0 Å². The molecule has 0 radical (unpaired) electrons. The summed E-state index contributed by atoms with van der Waals surface area (Å²) < 4.78 is 16.1. The minimum Gasteiger partial charge on any atom is -0.546 e. The van der Waals surface area contributed by atoms with Crippen LogP contribution in [0.2, 0.25) is 0 Å². The fraction of sp³-hybridized carbons (Fsp3) is 0.158. The molecule has 0 saturated carbocycles. The first kappa shape index (κ1) is 16.6. The van der Waals surface area contributed by atoms with Crippen LogP contribution in [-0.4, -0.2) is 12.6 Å². The van der Waals surface area contributed by atoms with E-state index in [0.29, 0.717) is 11.1 Å². The van der Waals surface area contributed by atoms with Crippen LogP contribution in [-0.2, 0) is 4.79 Å². The van der Waals surface area contributed by atoms with E-state index in [1.54, 1.807) is 6.07 Å². The second-order valence-electron chi connectivity index (χ2n) is 5.60. The first-order valence-electron chi connectivity index (χ1n) is 7.57. The Morgan fingerprint density at radius 1 is 1.08 bits per heavy atom.